The first-order chi connectivity index (χ1) is 4.00. The molecule has 0 aliphatic heterocycles. The molecule has 0 bridgehead atoms. The van der Waals surface area contributed by atoms with Crippen LogP contribution in [0.3, 0.4) is 0 Å². The summed E-state index contributed by atoms with van der Waals surface area (Å²) in [6.45, 7) is 3.87. The molecule has 0 unspecified atom stereocenters. The Balaban J connectivity index is -0.0000000383. The van der Waals surface area contributed by atoms with E-state index in [9.17, 15) is 0 Å². The predicted molar refractivity (Wildman–Crippen MR) is 25.9 cm³/mol. The second kappa shape index (κ2) is 17.0. The van der Waals surface area contributed by atoms with Crippen LogP contribution in [0.2, 0.25) is 0 Å². The SMILES string of the molecule is C=CC(=O)[O-].CC(=O)[O-].[Na+].[Na+]. The molecule has 0 aromatic rings. The zero-order valence-electron chi connectivity index (χ0n) is 6.92. The Kier molecular flexibility index (Phi) is 34.8. The third-order valence-electron chi connectivity index (χ3n) is 0.167. The van der Waals surface area contributed by atoms with Crippen molar-refractivity contribution >= 4 is 11.9 Å². The molecule has 6 heteroatoms. The maximum atomic E-state index is 9.14. The number of hydrogen-bond acceptors (Lipinski definition) is 4. The van der Waals surface area contributed by atoms with Crippen molar-refractivity contribution in [3.63, 3.8) is 0 Å². The molecule has 0 atom stereocenters. The minimum absolute atomic E-state index is 0. The quantitative estimate of drug-likeness (QED) is 0.293. The fourth-order valence-corrected chi connectivity index (χ4v) is 0. The Morgan fingerprint density at radius 3 is 1.36 bits per heavy atom. The summed E-state index contributed by atoms with van der Waals surface area (Å²) in [5, 5.41) is 18.0. The van der Waals surface area contributed by atoms with Crippen molar-refractivity contribution in [1.82, 2.24) is 0 Å². The number of carbonyl (C=O) groups is 2. The Bertz CT molecular complexity index is 120. The molecule has 0 N–H and O–H groups in total. The van der Waals surface area contributed by atoms with Gasteiger partial charge in [-0.15, -0.1) is 0 Å². The zero-order chi connectivity index (χ0) is 7.86. The summed E-state index contributed by atoms with van der Waals surface area (Å²) in [6.07, 6.45) is 0.722. The molecule has 0 saturated heterocycles. The average Bonchev–Trinajstić information content (AvgIpc) is 1.65. The van der Waals surface area contributed by atoms with Crippen molar-refractivity contribution in [3.8, 4) is 0 Å². The van der Waals surface area contributed by atoms with Gasteiger partial charge in [0.1, 0.15) is 0 Å². The summed E-state index contributed by atoms with van der Waals surface area (Å²) < 4.78 is 0. The van der Waals surface area contributed by atoms with E-state index in [1.165, 1.54) is 0 Å². The van der Waals surface area contributed by atoms with Crippen LogP contribution >= 0.6 is 0 Å². The number of carbonyl (C=O) groups excluding carboxylic acids is 2. The van der Waals surface area contributed by atoms with Crippen molar-refractivity contribution in [1.29, 1.82) is 0 Å². The molecule has 0 aliphatic carbocycles. The summed E-state index contributed by atoms with van der Waals surface area (Å²) in [6, 6.07) is 0. The first-order valence-corrected chi connectivity index (χ1v) is 2.01. The van der Waals surface area contributed by atoms with Gasteiger partial charge in [0.15, 0.2) is 0 Å². The number of hydrogen-bond donors (Lipinski definition) is 0. The average molecular weight is 176 g/mol. The Hall–Kier alpha value is 0.680. The summed E-state index contributed by atoms with van der Waals surface area (Å²) in [5.74, 6) is -2.31. The standard InChI is InChI=1S/C3H4O2.C2H4O2.2Na/c1-2-3(4)5;1-2(3)4;;/h2H,1H2,(H,4,5);1H3,(H,3,4);;/q;;2*+1/p-2. The summed E-state index contributed by atoms with van der Waals surface area (Å²) in [4.78, 5) is 18.0. The molecule has 4 nitrogen and oxygen atoms in total. The van der Waals surface area contributed by atoms with Crippen LogP contribution in [0.1, 0.15) is 6.92 Å². The topological polar surface area (TPSA) is 80.3 Å². The van der Waals surface area contributed by atoms with Crippen LogP contribution in [-0.4, -0.2) is 11.9 Å². The van der Waals surface area contributed by atoms with Gasteiger partial charge in [0.05, 0.1) is 5.97 Å². The molecular formula is C5H6Na2O4. The van der Waals surface area contributed by atoms with E-state index < -0.39 is 11.9 Å². The zero-order valence-corrected chi connectivity index (χ0v) is 10.9. The molecule has 0 fully saturated rings. The second-order valence-electron chi connectivity index (χ2n) is 1.01. The summed E-state index contributed by atoms with van der Waals surface area (Å²) >= 11 is 0. The van der Waals surface area contributed by atoms with Crippen molar-refractivity contribution in [2.75, 3.05) is 0 Å². The molecular weight excluding hydrogens is 170 g/mol. The molecule has 0 aromatic carbocycles. The van der Waals surface area contributed by atoms with Crippen LogP contribution in [0.15, 0.2) is 12.7 Å². The molecule has 11 heavy (non-hydrogen) atoms. The molecule has 0 amide bonds. The number of carboxylic acids is 2. The van der Waals surface area contributed by atoms with Gasteiger partial charge in [-0.05, 0) is 13.0 Å². The van der Waals surface area contributed by atoms with Gasteiger partial charge in [0.25, 0.3) is 0 Å². The smallest absolute Gasteiger partial charge is 0.550 e. The molecule has 0 radical (unpaired) electrons. The van der Waals surface area contributed by atoms with Gasteiger partial charge in [0.2, 0.25) is 0 Å². The second-order valence-corrected chi connectivity index (χ2v) is 1.01. The maximum Gasteiger partial charge on any atom is 1.00 e. The Morgan fingerprint density at radius 2 is 1.36 bits per heavy atom. The third-order valence-corrected chi connectivity index (χ3v) is 0.167. The minimum Gasteiger partial charge on any atom is -0.550 e. The van der Waals surface area contributed by atoms with Gasteiger partial charge in [-0.25, -0.2) is 0 Å². The van der Waals surface area contributed by atoms with Crippen molar-refractivity contribution in [2.45, 2.75) is 6.92 Å². The molecule has 52 valence electrons. The molecule has 0 spiro atoms. The Labute approximate surface area is 109 Å². The first kappa shape index (κ1) is 22.6. The van der Waals surface area contributed by atoms with E-state index in [0.717, 1.165) is 13.0 Å². The van der Waals surface area contributed by atoms with Crippen LogP contribution < -0.4 is 69.3 Å². The van der Waals surface area contributed by atoms with Gasteiger partial charge in [0, 0.05) is 5.97 Å². The third kappa shape index (κ3) is 112. The van der Waals surface area contributed by atoms with Gasteiger partial charge < -0.3 is 19.8 Å². The largest absolute Gasteiger partial charge is 1.00 e. The first-order valence-electron chi connectivity index (χ1n) is 2.01. The fraction of sp³-hybridized carbons (Fsp3) is 0.200. The maximum absolute atomic E-state index is 9.14. The molecule has 0 saturated carbocycles. The fourth-order valence-electron chi connectivity index (χ4n) is 0. The van der Waals surface area contributed by atoms with Crippen LogP contribution in [0.4, 0.5) is 0 Å². The van der Waals surface area contributed by atoms with Crippen molar-refractivity contribution in [3.05, 3.63) is 12.7 Å². The van der Waals surface area contributed by atoms with Crippen LogP contribution in [0, 0.1) is 0 Å². The normalized spacial score (nSPS) is 5.18. The van der Waals surface area contributed by atoms with Crippen molar-refractivity contribution < 1.29 is 78.9 Å². The van der Waals surface area contributed by atoms with E-state index in [1.54, 1.807) is 0 Å². The van der Waals surface area contributed by atoms with E-state index in [-0.39, 0.29) is 59.1 Å². The van der Waals surface area contributed by atoms with E-state index in [2.05, 4.69) is 6.58 Å². The van der Waals surface area contributed by atoms with Gasteiger partial charge in [-0.2, -0.15) is 0 Å². The van der Waals surface area contributed by atoms with E-state index in [4.69, 9.17) is 19.8 Å². The van der Waals surface area contributed by atoms with Gasteiger partial charge in [-0.3, -0.25) is 0 Å². The molecule has 0 aliphatic rings. The number of rotatable bonds is 1. The van der Waals surface area contributed by atoms with Crippen LogP contribution in [0.5, 0.6) is 0 Å². The minimum atomic E-state index is -1.23. The predicted octanol–water partition coefficient (Wildman–Crippen LogP) is -8.31. The van der Waals surface area contributed by atoms with E-state index >= 15 is 0 Å². The molecule has 0 heterocycles. The van der Waals surface area contributed by atoms with E-state index in [0.29, 0.717) is 0 Å². The monoisotopic (exact) mass is 176 g/mol. The van der Waals surface area contributed by atoms with E-state index in [1.807, 2.05) is 0 Å². The van der Waals surface area contributed by atoms with Crippen molar-refractivity contribution in [2.24, 2.45) is 0 Å². The van der Waals surface area contributed by atoms with Crippen LogP contribution in [-0.2, 0) is 9.59 Å². The molecule has 0 aromatic heterocycles. The number of carboxylic acid groups (broad SMARTS) is 2. The Morgan fingerprint density at radius 1 is 1.27 bits per heavy atom. The number of aliphatic carboxylic acids is 2. The molecule has 0 rings (SSSR count). The summed E-state index contributed by atoms with van der Waals surface area (Å²) in [7, 11) is 0. The summed E-state index contributed by atoms with van der Waals surface area (Å²) in [5.41, 5.74) is 0. The van der Waals surface area contributed by atoms with Gasteiger partial charge >= 0.3 is 59.1 Å². The van der Waals surface area contributed by atoms with Gasteiger partial charge in [-0.1, -0.05) is 6.58 Å². The van der Waals surface area contributed by atoms with Crippen LogP contribution in [0.25, 0.3) is 0 Å².